The number of ether oxygens (including phenoxy) is 4. The van der Waals surface area contributed by atoms with Crippen molar-refractivity contribution in [2.24, 2.45) is 0 Å². The van der Waals surface area contributed by atoms with Crippen LogP contribution in [0, 0.1) is 0 Å². The summed E-state index contributed by atoms with van der Waals surface area (Å²) in [5.41, 5.74) is -0.265. The summed E-state index contributed by atoms with van der Waals surface area (Å²) >= 11 is 0. The third-order valence-electron chi connectivity index (χ3n) is 6.33. The van der Waals surface area contributed by atoms with Crippen molar-refractivity contribution in [1.82, 2.24) is 19.6 Å². The molecule has 3 aromatic rings. The normalized spacial score (nSPS) is 18.1. The van der Waals surface area contributed by atoms with E-state index in [2.05, 4.69) is 10.00 Å². The number of amides is 1. The second-order valence-corrected chi connectivity index (χ2v) is 9.39. The van der Waals surface area contributed by atoms with Crippen molar-refractivity contribution in [1.29, 1.82) is 0 Å². The number of benzene rings is 2. The molecule has 1 fully saturated rings. The lowest BCUT2D eigenvalue weighted by Crippen LogP contribution is -2.52. The highest BCUT2D eigenvalue weighted by atomic mass is 16.5. The van der Waals surface area contributed by atoms with Crippen molar-refractivity contribution in [3.63, 3.8) is 0 Å². The molecule has 1 aromatic heterocycles. The molecule has 1 atom stereocenters. The molecule has 204 valence electrons. The monoisotopic (exact) mass is 524 g/mol. The van der Waals surface area contributed by atoms with Crippen LogP contribution in [0.25, 0.3) is 0 Å². The van der Waals surface area contributed by atoms with Gasteiger partial charge in [0.25, 0.3) is 0 Å². The summed E-state index contributed by atoms with van der Waals surface area (Å²) in [6, 6.07) is 17.1. The molecule has 1 amide bonds. The molecular weight excluding hydrogens is 488 g/mol. The van der Waals surface area contributed by atoms with Gasteiger partial charge in [0, 0.05) is 45.7 Å². The highest BCUT2D eigenvalue weighted by molar-refractivity contribution is 5.77. The van der Waals surface area contributed by atoms with Gasteiger partial charge >= 0.3 is 0 Å². The maximum Gasteiger partial charge on any atom is 0.248 e. The summed E-state index contributed by atoms with van der Waals surface area (Å²) < 4.78 is 24.3. The minimum absolute atomic E-state index is 0.0331. The van der Waals surface area contributed by atoms with Gasteiger partial charge in [-0.2, -0.15) is 5.10 Å². The number of rotatable bonds is 12. The lowest BCUT2D eigenvalue weighted by Gasteiger charge is -2.33. The van der Waals surface area contributed by atoms with E-state index in [1.54, 1.807) is 18.2 Å². The van der Waals surface area contributed by atoms with E-state index in [4.69, 9.17) is 18.9 Å². The number of hydrogen-bond donors (Lipinski definition) is 1. The smallest absolute Gasteiger partial charge is 0.248 e. The van der Waals surface area contributed by atoms with Gasteiger partial charge in [0.05, 0.1) is 20.2 Å². The van der Waals surface area contributed by atoms with Crippen LogP contribution in [0.1, 0.15) is 5.56 Å². The zero-order valence-electron chi connectivity index (χ0n) is 22.0. The molecule has 2 aromatic carbocycles. The molecule has 0 aliphatic carbocycles. The minimum atomic E-state index is -1.27. The number of hydrogen-bond acceptors (Lipinski definition) is 8. The van der Waals surface area contributed by atoms with E-state index in [1.807, 2.05) is 65.5 Å². The van der Waals surface area contributed by atoms with E-state index >= 15 is 0 Å². The number of aliphatic hydroxyl groups is 1. The predicted molar refractivity (Wildman–Crippen MR) is 141 cm³/mol. The second-order valence-electron chi connectivity index (χ2n) is 9.39. The van der Waals surface area contributed by atoms with Crippen LogP contribution < -0.4 is 14.2 Å². The second kappa shape index (κ2) is 13.3. The van der Waals surface area contributed by atoms with Crippen molar-refractivity contribution in [3.05, 3.63) is 72.6 Å². The summed E-state index contributed by atoms with van der Waals surface area (Å²) in [4.78, 5) is 16.4. The molecule has 38 heavy (non-hydrogen) atoms. The van der Waals surface area contributed by atoms with Gasteiger partial charge in [-0.05, 0) is 35.9 Å². The van der Waals surface area contributed by atoms with Crippen molar-refractivity contribution in [2.75, 3.05) is 60.2 Å². The van der Waals surface area contributed by atoms with Crippen molar-refractivity contribution < 1.29 is 28.8 Å². The van der Waals surface area contributed by atoms with Gasteiger partial charge in [-0.3, -0.25) is 14.4 Å². The Labute approximate surface area is 223 Å². The topological polar surface area (TPSA) is 98.5 Å². The van der Waals surface area contributed by atoms with E-state index in [9.17, 15) is 9.90 Å². The third kappa shape index (κ3) is 7.70. The molecule has 2 heterocycles. The van der Waals surface area contributed by atoms with Crippen LogP contribution in [-0.2, 0) is 22.6 Å². The summed E-state index contributed by atoms with van der Waals surface area (Å²) in [5.74, 6) is 1.80. The van der Waals surface area contributed by atoms with Crippen molar-refractivity contribution >= 4 is 5.91 Å². The highest BCUT2D eigenvalue weighted by Crippen LogP contribution is 2.29. The van der Waals surface area contributed by atoms with Gasteiger partial charge in [0.1, 0.15) is 31.2 Å². The summed E-state index contributed by atoms with van der Waals surface area (Å²) in [6.45, 7) is 3.23. The average molecular weight is 525 g/mol. The molecule has 1 N–H and O–H groups in total. The Morgan fingerprint density at radius 3 is 2.61 bits per heavy atom. The van der Waals surface area contributed by atoms with Crippen LogP contribution in [-0.4, -0.2) is 96.4 Å². The van der Waals surface area contributed by atoms with Gasteiger partial charge < -0.3 is 29.0 Å². The van der Waals surface area contributed by atoms with E-state index in [0.717, 1.165) is 5.56 Å². The quantitative estimate of drug-likeness (QED) is 0.385. The Balaban J connectivity index is 1.43. The van der Waals surface area contributed by atoms with Crippen molar-refractivity contribution in [2.45, 2.75) is 18.7 Å². The molecule has 4 rings (SSSR count). The van der Waals surface area contributed by atoms with Gasteiger partial charge in [-0.25, -0.2) is 0 Å². The molecule has 1 aliphatic rings. The molecule has 0 radical (unpaired) electrons. The van der Waals surface area contributed by atoms with Crippen LogP contribution in [0.2, 0.25) is 0 Å². The van der Waals surface area contributed by atoms with E-state index in [-0.39, 0.29) is 25.7 Å². The molecule has 0 unspecified atom stereocenters. The minimum Gasteiger partial charge on any atom is -0.493 e. The van der Waals surface area contributed by atoms with Crippen molar-refractivity contribution in [3.8, 4) is 17.2 Å². The molecule has 10 nitrogen and oxygen atoms in total. The van der Waals surface area contributed by atoms with E-state index in [1.165, 1.54) is 7.11 Å². The van der Waals surface area contributed by atoms with Crippen LogP contribution in [0.5, 0.6) is 17.2 Å². The third-order valence-corrected chi connectivity index (χ3v) is 6.33. The highest BCUT2D eigenvalue weighted by Gasteiger charge is 2.37. The van der Waals surface area contributed by atoms with E-state index < -0.39 is 5.60 Å². The number of carbonyl (C=O) groups excluding carboxylic acids is 1. The Bertz CT molecular complexity index is 1140. The summed E-state index contributed by atoms with van der Waals surface area (Å²) in [5, 5.41) is 15.8. The first-order valence-electron chi connectivity index (χ1n) is 12.6. The number of aromatic nitrogens is 2. The zero-order valence-corrected chi connectivity index (χ0v) is 22.0. The summed E-state index contributed by atoms with van der Waals surface area (Å²) in [7, 11) is 3.11. The average Bonchev–Trinajstić information content (AvgIpc) is 3.38. The maximum atomic E-state index is 12.7. The molecule has 10 heteroatoms. The number of nitrogens with zero attached hydrogens (tertiary/aromatic N) is 4. The zero-order chi connectivity index (χ0) is 26.8. The van der Waals surface area contributed by atoms with Gasteiger partial charge in [-0.15, -0.1) is 0 Å². The largest absolute Gasteiger partial charge is 0.493 e. The SMILES string of the molecule is COCC(=O)N1CCN(Cc2ccc(OCCn3cccn3)c(OC)c2)C[C@](O)(COc2ccccc2)C1. The van der Waals surface area contributed by atoms with E-state index in [0.29, 0.717) is 56.6 Å². The lowest BCUT2D eigenvalue weighted by molar-refractivity contribution is -0.138. The first-order chi connectivity index (χ1) is 18.5. The molecule has 0 spiro atoms. The first kappa shape index (κ1) is 27.4. The molecule has 0 saturated carbocycles. The van der Waals surface area contributed by atoms with Crippen LogP contribution >= 0.6 is 0 Å². The standard InChI is InChI=1S/C28H36N4O6/c1-35-19-27(33)31-14-13-30(20-28(34,21-31)22-38-24-7-4-3-5-8-24)18-23-9-10-25(26(17-23)36-2)37-16-15-32-12-6-11-29-32/h3-12,17,34H,13-16,18-22H2,1-2H3/t28-/m1/s1. The number of carbonyl (C=O) groups is 1. The number of methoxy groups -OCH3 is 2. The molecule has 0 bridgehead atoms. The summed E-state index contributed by atoms with van der Waals surface area (Å²) in [6.07, 6.45) is 3.63. The van der Waals surface area contributed by atoms with Crippen LogP contribution in [0.3, 0.4) is 0 Å². The Morgan fingerprint density at radius 1 is 1.03 bits per heavy atom. The molecule has 1 saturated heterocycles. The molecular formula is C28H36N4O6. The van der Waals surface area contributed by atoms with Gasteiger partial charge in [-0.1, -0.05) is 24.3 Å². The fraction of sp³-hybridized carbons (Fsp3) is 0.429. The first-order valence-corrected chi connectivity index (χ1v) is 12.6. The fourth-order valence-corrected chi connectivity index (χ4v) is 4.50. The Kier molecular flexibility index (Phi) is 9.58. The van der Waals surface area contributed by atoms with Crippen LogP contribution in [0.4, 0.5) is 0 Å². The Hall–Kier alpha value is -3.60. The van der Waals surface area contributed by atoms with Gasteiger partial charge in [0.15, 0.2) is 11.5 Å². The number of para-hydroxylation sites is 1. The molecule has 1 aliphatic heterocycles. The van der Waals surface area contributed by atoms with Gasteiger partial charge in [0.2, 0.25) is 5.91 Å². The lowest BCUT2D eigenvalue weighted by atomic mass is 10.0. The fourth-order valence-electron chi connectivity index (χ4n) is 4.50. The number of β-amino-alcohol motifs (C(OH)–C–C–N with tert-alkyl or cyclic N) is 1. The predicted octanol–water partition coefficient (Wildman–Crippen LogP) is 2.07. The van der Waals surface area contributed by atoms with Crippen LogP contribution in [0.15, 0.2) is 67.0 Å². The maximum absolute atomic E-state index is 12.7. The Morgan fingerprint density at radius 2 is 1.87 bits per heavy atom.